The summed E-state index contributed by atoms with van der Waals surface area (Å²) in [6.45, 7) is 5.71. The molecule has 1 atom stereocenters. The molecule has 1 saturated heterocycles. The maximum Gasteiger partial charge on any atom is 0.254 e. The Hall–Kier alpha value is -2.99. The van der Waals surface area contributed by atoms with E-state index in [-0.39, 0.29) is 17.7 Å². The van der Waals surface area contributed by atoms with Gasteiger partial charge in [-0.3, -0.25) is 14.6 Å². The van der Waals surface area contributed by atoms with Crippen LogP contribution in [0, 0.1) is 5.92 Å². The lowest BCUT2D eigenvalue weighted by Gasteiger charge is -2.23. The first-order valence-corrected chi connectivity index (χ1v) is 11.5. The molecule has 31 heavy (non-hydrogen) atoms. The number of amides is 2. The molecule has 5 nitrogen and oxygen atoms in total. The summed E-state index contributed by atoms with van der Waals surface area (Å²) in [6, 6.07) is 14.2. The predicted molar refractivity (Wildman–Crippen MR) is 124 cm³/mol. The van der Waals surface area contributed by atoms with Gasteiger partial charge in [-0.15, -0.1) is 11.3 Å². The summed E-state index contributed by atoms with van der Waals surface area (Å²) >= 11 is 1.62. The summed E-state index contributed by atoms with van der Waals surface area (Å²) in [5.41, 5.74) is 3.97. The first-order chi connectivity index (χ1) is 15.0. The van der Waals surface area contributed by atoms with Gasteiger partial charge in [-0.2, -0.15) is 0 Å². The highest BCUT2D eigenvalue weighted by atomic mass is 32.1. The molecule has 3 heterocycles. The van der Waals surface area contributed by atoms with Crippen LogP contribution in [0.2, 0.25) is 0 Å². The lowest BCUT2D eigenvalue weighted by atomic mass is 9.96. The molecule has 3 aromatic rings. The van der Waals surface area contributed by atoms with Gasteiger partial charge < -0.3 is 10.2 Å². The predicted octanol–water partition coefficient (Wildman–Crippen LogP) is 4.36. The smallest absolute Gasteiger partial charge is 0.254 e. The minimum Gasteiger partial charge on any atom is -0.354 e. The number of nitrogens with zero attached hydrogens (tertiary/aromatic N) is 2. The van der Waals surface area contributed by atoms with Crippen LogP contribution in [0.15, 0.2) is 60.2 Å². The topological polar surface area (TPSA) is 62.3 Å². The zero-order valence-corrected chi connectivity index (χ0v) is 18.7. The molecule has 1 fully saturated rings. The Morgan fingerprint density at radius 1 is 1.23 bits per heavy atom. The largest absolute Gasteiger partial charge is 0.354 e. The lowest BCUT2D eigenvalue weighted by molar-refractivity contribution is -0.124. The highest BCUT2D eigenvalue weighted by Gasteiger charge is 2.28. The highest BCUT2D eigenvalue weighted by Crippen LogP contribution is 2.25. The number of aromatic nitrogens is 1. The maximum atomic E-state index is 13.1. The number of hydrogen-bond donors (Lipinski definition) is 1. The second-order valence-corrected chi connectivity index (χ2v) is 9.22. The minimum atomic E-state index is -0.265. The van der Waals surface area contributed by atoms with E-state index in [2.05, 4.69) is 48.4 Å². The van der Waals surface area contributed by atoms with Gasteiger partial charge in [0, 0.05) is 42.3 Å². The first kappa shape index (κ1) is 21.2. The van der Waals surface area contributed by atoms with E-state index in [0.29, 0.717) is 32.0 Å². The molecule has 2 aromatic heterocycles. The molecule has 4 rings (SSSR count). The standard InChI is InChI=1S/C25H27N3O2S/c1-17(2)23-13-22(16-31-23)25(30)28-11-10-27-24(29)21(15-28)12-18-5-7-19(8-6-18)20-4-3-9-26-14-20/h3-9,13-14,16-17,21H,10-12,15H2,1-2H3,(H,27,29)/t21-/m1/s1. The molecule has 0 bridgehead atoms. The Morgan fingerprint density at radius 3 is 2.71 bits per heavy atom. The number of thiophene rings is 1. The van der Waals surface area contributed by atoms with Crippen LogP contribution in [-0.2, 0) is 11.2 Å². The minimum absolute atomic E-state index is 0.0107. The van der Waals surface area contributed by atoms with Gasteiger partial charge in [0.15, 0.2) is 0 Å². The van der Waals surface area contributed by atoms with E-state index in [1.54, 1.807) is 17.5 Å². The summed E-state index contributed by atoms with van der Waals surface area (Å²) in [7, 11) is 0. The molecule has 0 unspecified atom stereocenters. The van der Waals surface area contributed by atoms with Gasteiger partial charge in [0.25, 0.3) is 5.91 Å². The van der Waals surface area contributed by atoms with E-state index in [9.17, 15) is 9.59 Å². The van der Waals surface area contributed by atoms with Crippen molar-refractivity contribution in [1.82, 2.24) is 15.2 Å². The fourth-order valence-corrected chi connectivity index (χ4v) is 4.74. The summed E-state index contributed by atoms with van der Waals surface area (Å²) in [6.07, 6.45) is 4.20. The van der Waals surface area contributed by atoms with E-state index < -0.39 is 0 Å². The van der Waals surface area contributed by atoms with Crippen LogP contribution in [0.4, 0.5) is 0 Å². The number of carbonyl (C=O) groups is 2. The van der Waals surface area contributed by atoms with E-state index in [1.807, 2.05) is 34.7 Å². The Morgan fingerprint density at radius 2 is 2.03 bits per heavy atom. The van der Waals surface area contributed by atoms with Gasteiger partial charge in [0.2, 0.25) is 5.91 Å². The third-order valence-electron chi connectivity index (χ3n) is 5.65. The summed E-state index contributed by atoms with van der Waals surface area (Å²) in [5, 5.41) is 4.91. The fourth-order valence-electron chi connectivity index (χ4n) is 3.84. The second-order valence-electron chi connectivity index (χ2n) is 8.27. The van der Waals surface area contributed by atoms with Gasteiger partial charge >= 0.3 is 0 Å². The van der Waals surface area contributed by atoms with Crippen LogP contribution in [0.3, 0.4) is 0 Å². The highest BCUT2D eigenvalue weighted by molar-refractivity contribution is 7.10. The fraction of sp³-hybridized carbons (Fsp3) is 0.320. The van der Waals surface area contributed by atoms with Gasteiger partial charge in [-0.1, -0.05) is 44.2 Å². The maximum absolute atomic E-state index is 13.1. The van der Waals surface area contributed by atoms with Crippen molar-refractivity contribution in [1.29, 1.82) is 0 Å². The Bertz CT molecular complexity index is 1040. The van der Waals surface area contributed by atoms with Crippen LogP contribution in [0.25, 0.3) is 11.1 Å². The average molecular weight is 434 g/mol. The monoisotopic (exact) mass is 433 g/mol. The van der Waals surface area contributed by atoms with Crippen LogP contribution in [-0.4, -0.2) is 41.3 Å². The van der Waals surface area contributed by atoms with Crippen molar-refractivity contribution in [2.75, 3.05) is 19.6 Å². The molecule has 0 spiro atoms. The molecule has 1 aliphatic rings. The Kier molecular flexibility index (Phi) is 6.47. The third-order valence-corrected chi connectivity index (χ3v) is 6.88. The quantitative estimate of drug-likeness (QED) is 0.650. The van der Waals surface area contributed by atoms with Crippen molar-refractivity contribution in [3.8, 4) is 11.1 Å². The molecule has 0 saturated carbocycles. The molecule has 0 radical (unpaired) electrons. The number of hydrogen-bond acceptors (Lipinski definition) is 4. The molecule has 0 aliphatic carbocycles. The van der Waals surface area contributed by atoms with Gasteiger partial charge in [-0.05, 0) is 41.2 Å². The zero-order chi connectivity index (χ0) is 21.8. The number of nitrogens with one attached hydrogen (secondary N) is 1. The van der Waals surface area contributed by atoms with Crippen molar-refractivity contribution in [3.05, 3.63) is 76.2 Å². The summed E-state index contributed by atoms with van der Waals surface area (Å²) < 4.78 is 0. The van der Waals surface area contributed by atoms with Crippen molar-refractivity contribution in [2.45, 2.75) is 26.2 Å². The molecular weight excluding hydrogens is 406 g/mol. The normalized spacial score (nSPS) is 16.8. The molecule has 160 valence electrons. The number of rotatable bonds is 5. The Balaban J connectivity index is 1.46. The molecule has 6 heteroatoms. The van der Waals surface area contributed by atoms with Gasteiger partial charge in [0.05, 0.1) is 11.5 Å². The van der Waals surface area contributed by atoms with Gasteiger partial charge in [0.1, 0.15) is 0 Å². The van der Waals surface area contributed by atoms with Crippen LogP contribution in [0.1, 0.15) is 40.6 Å². The lowest BCUT2D eigenvalue weighted by Crippen LogP contribution is -2.37. The van der Waals surface area contributed by atoms with Crippen molar-refractivity contribution < 1.29 is 9.59 Å². The SMILES string of the molecule is CC(C)c1cc(C(=O)N2CCNC(=O)[C@H](Cc3ccc(-c4cccnc4)cc3)C2)cs1. The average Bonchev–Trinajstić information content (AvgIpc) is 3.22. The third kappa shape index (κ3) is 5.02. The van der Waals surface area contributed by atoms with Crippen molar-refractivity contribution in [3.63, 3.8) is 0 Å². The Labute approximate surface area is 187 Å². The van der Waals surface area contributed by atoms with Crippen LogP contribution >= 0.6 is 11.3 Å². The second kappa shape index (κ2) is 9.43. The zero-order valence-electron chi connectivity index (χ0n) is 17.9. The van der Waals surface area contributed by atoms with Crippen molar-refractivity contribution in [2.24, 2.45) is 5.92 Å². The van der Waals surface area contributed by atoms with E-state index in [1.165, 1.54) is 4.88 Å². The van der Waals surface area contributed by atoms with E-state index in [4.69, 9.17) is 0 Å². The van der Waals surface area contributed by atoms with Crippen LogP contribution < -0.4 is 5.32 Å². The van der Waals surface area contributed by atoms with Crippen LogP contribution in [0.5, 0.6) is 0 Å². The number of pyridine rings is 1. The number of benzene rings is 1. The van der Waals surface area contributed by atoms with Crippen molar-refractivity contribution >= 4 is 23.2 Å². The first-order valence-electron chi connectivity index (χ1n) is 10.7. The van der Waals surface area contributed by atoms with E-state index in [0.717, 1.165) is 22.3 Å². The van der Waals surface area contributed by atoms with Gasteiger partial charge in [-0.25, -0.2) is 0 Å². The molecule has 2 amide bonds. The molecule has 1 N–H and O–H groups in total. The molecular formula is C25H27N3O2S. The number of carbonyl (C=O) groups excluding carboxylic acids is 2. The molecule has 1 aliphatic heterocycles. The molecule has 1 aromatic carbocycles. The summed E-state index contributed by atoms with van der Waals surface area (Å²) in [4.78, 5) is 32.9. The summed E-state index contributed by atoms with van der Waals surface area (Å²) in [5.74, 6) is 0.164. The van der Waals surface area contributed by atoms with E-state index >= 15 is 0 Å².